The van der Waals surface area contributed by atoms with Crippen molar-refractivity contribution >= 4 is 23.5 Å². The van der Waals surface area contributed by atoms with Crippen molar-refractivity contribution in [2.75, 3.05) is 26.2 Å². The summed E-state index contributed by atoms with van der Waals surface area (Å²) in [5, 5.41) is 19.4. The van der Waals surface area contributed by atoms with E-state index in [-0.39, 0.29) is 12.6 Å². The Labute approximate surface area is 176 Å². The smallest absolute Gasteiger partial charge is 0.390 e. The van der Waals surface area contributed by atoms with Crippen LogP contribution in [0.4, 0.5) is 5.95 Å². The highest BCUT2D eigenvalue weighted by Gasteiger charge is 2.24. The zero-order valence-corrected chi connectivity index (χ0v) is 16.7. The number of halogens is 1. The van der Waals surface area contributed by atoms with Gasteiger partial charge in [0.1, 0.15) is 5.69 Å². The van der Waals surface area contributed by atoms with Crippen molar-refractivity contribution < 1.29 is 9.72 Å². The highest BCUT2D eigenvalue weighted by molar-refractivity contribution is 6.30. The third-order valence-electron chi connectivity index (χ3n) is 4.82. The fourth-order valence-electron chi connectivity index (χ4n) is 3.26. The molecule has 0 saturated carbocycles. The van der Waals surface area contributed by atoms with Crippen LogP contribution < -0.4 is 0 Å². The lowest BCUT2D eigenvalue weighted by Gasteiger charge is -2.34. The molecule has 30 heavy (non-hydrogen) atoms. The molecule has 0 radical (unpaired) electrons. The lowest BCUT2D eigenvalue weighted by Crippen LogP contribution is -2.48. The van der Waals surface area contributed by atoms with Crippen LogP contribution in [0.2, 0.25) is 5.02 Å². The van der Waals surface area contributed by atoms with Gasteiger partial charge >= 0.3 is 5.95 Å². The van der Waals surface area contributed by atoms with Crippen LogP contribution in [0.15, 0.2) is 42.9 Å². The summed E-state index contributed by atoms with van der Waals surface area (Å²) in [5.74, 6) is -0.612. The third kappa shape index (κ3) is 4.63. The molecule has 1 fully saturated rings. The van der Waals surface area contributed by atoms with Crippen LogP contribution >= 0.6 is 11.6 Å². The maximum atomic E-state index is 12.8. The minimum absolute atomic E-state index is 0.128. The number of carbonyl (C=O) groups excluding carboxylic acids is 1. The van der Waals surface area contributed by atoms with Crippen LogP contribution in [-0.4, -0.2) is 71.4 Å². The van der Waals surface area contributed by atoms with E-state index in [1.165, 1.54) is 21.3 Å². The van der Waals surface area contributed by atoms with E-state index in [2.05, 4.69) is 20.1 Å². The minimum Gasteiger partial charge on any atom is -0.390 e. The molecule has 0 bridgehead atoms. The van der Waals surface area contributed by atoms with E-state index < -0.39 is 10.9 Å². The summed E-state index contributed by atoms with van der Waals surface area (Å²) in [6.45, 7) is 3.74. The third-order valence-corrected chi connectivity index (χ3v) is 5.07. The lowest BCUT2D eigenvalue weighted by atomic mass is 10.2. The molecule has 0 atom stereocenters. The van der Waals surface area contributed by atoms with E-state index in [4.69, 9.17) is 11.6 Å². The number of nitrogens with zero attached hydrogens (tertiary/aromatic N) is 8. The highest BCUT2D eigenvalue weighted by Crippen LogP contribution is 2.14. The molecule has 1 aromatic carbocycles. The van der Waals surface area contributed by atoms with Crippen LogP contribution in [0.5, 0.6) is 0 Å². The van der Waals surface area contributed by atoms with Gasteiger partial charge in [0.05, 0.1) is 0 Å². The first-order valence-corrected chi connectivity index (χ1v) is 9.69. The van der Waals surface area contributed by atoms with Gasteiger partial charge in [-0.15, -0.1) is 0 Å². The average Bonchev–Trinajstić information content (AvgIpc) is 3.40. The zero-order chi connectivity index (χ0) is 21.1. The Morgan fingerprint density at radius 1 is 1.07 bits per heavy atom. The standard InChI is InChI=1S/C18H19ClN8O3/c19-15-3-1-14(2-4-15)11-23-7-9-24(10-8-23)17(28)16-5-6-25(21-16)13-26-12-20-18(22-26)27(29)30/h1-6,12H,7-11,13H2. The largest absolute Gasteiger partial charge is 0.491 e. The highest BCUT2D eigenvalue weighted by atomic mass is 35.5. The second-order valence-corrected chi connectivity index (χ2v) is 7.35. The molecule has 12 heteroatoms. The fraction of sp³-hybridized carbons (Fsp3) is 0.333. The van der Waals surface area contributed by atoms with Crippen LogP contribution in [-0.2, 0) is 13.2 Å². The zero-order valence-electron chi connectivity index (χ0n) is 16.0. The van der Waals surface area contributed by atoms with Gasteiger partial charge in [-0.3, -0.25) is 9.69 Å². The van der Waals surface area contributed by atoms with E-state index in [1.807, 2.05) is 24.3 Å². The lowest BCUT2D eigenvalue weighted by molar-refractivity contribution is -0.394. The molecule has 3 aromatic rings. The van der Waals surface area contributed by atoms with Gasteiger partial charge in [0.2, 0.25) is 6.33 Å². The van der Waals surface area contributed by atoms with Crippen molar-refractivity contribution in [3.05, 3.63) is 69.3 Å². The molecule has 4 rings (SSSR count). The Bertz CT molecular complexity index is 1040. The van der Waals surface area contributed by atoms with Gasteiger partial charge in [-0.2, -0.15) is 9.78 Å². The van der Waals surface area contributed by atoms with Gasteiger partial charge in [-0.25, -0.2) is 4.68 Å². The number of amides is 1. The Hall–Kier alpha value is -3.31. The van der Waals surface area contributed by atoms with E-state index >= 15 is 0 Å². The molecule has 0 spiro atoms. The Kier molecular flexibility index (Phi) is 5.72. The fourth-order valence-corrected chi connectivity index (χ4v) is 3.38. The predicted octanol–water partition coefficient (Wildman–Crippen LogP) is 1.50. The van der Waals surface area contributed by atoms with Crippen molar-refractivity contribution in [2.24, 2.45) is 0 Å². The SMILES string of the molecule is O=C(c1ccn(Cn2cnc([N+](=O)[O-])n2)n1)N1CCN(Cc2ccc(Cl)cc2)CC1. The van der Waals surface area contributed by atoms with E-state index in [1.54, 1.807) is 17.2 Å². The molecule has 0 aliphatic carbocycles. The summed E-state index contributed by atoms with van der Waals surface area (Å²) in [7, 11) is 0. The maximum absolute atomic E-state index is 12.8. The molecular formula is C18H19ClN8O3. The van der Waals surface area contributed by atoms with Gasteiger partial charge in [-0.1, -0.05) is 28.7 Å². The topological polar surface area (TPSA) is 115 Å². The van der Waals surface area contributed by atoms with Crippen molar-refractivity contribution in [3.8, 4) is 0 Å². The first kappa shape index (κ1) is 20.0. The number of hydrogen-bond donors (Lipinski definition) is 0. The molecule has 1 saturated heterocycles. The van der Waals surface area contributed by atoms with Crippen molar-refractivity contribution in [2.45, 2.75) is 13.2 Å². The van der Waals surface area contributed by atoms with Crippen LogP contribution in [0, 0.1) is 10.1 Å². The summed E-state index contributed by atoms with van der Waals surface area (Å²) < 4.78 is 2.78. The van der Waals surface area contributed by atoms with Crippen molar-refractivity contribution in [1.29, 1.82) is 0 Å². The first-order chi connectivity index (χ1) is 14.5. The quantitative estimate of drug-likeness (QED) is 0.429. The Morgan fingerprint density at radius 3 is 2.47 bits per heavy atom. The second-order valence-electron chi connectivity index (χ2n) is 6.92. The van der Waals surface area contributed by atoms with Gasteiger partial charge in [-0.05, 0) is 28.7 Å². The molecule has 0 unspecified atom stereocenters. The van der Waals surface area contributed by atoms with E-state index in [9.17, 15) is 14.9 Å². The van der Waals surface area contributed by atoms with Gasteiger partial charge < -0.3 is 15.0 Å². The number of piperazine rings is 1. The maximum Gasteiger partial charge on any atom is 0.491 e. The molecule has 1 aliphatic heterocycles. The van der Waals surface area contributed by atoms with Gasteiger partial charge in [0, 0.05) is 49.0 Å². The van der Waals surface area contributed by atoms with E-state index in [0.29, 0.717) is 18.8 Å². The van der Waals surface area contributed by atoms with Crippen molar-refractivity contribution in [3.63, 3.8) is 0 Å². The molecule has 2 aromatic heterocycles. The molecule has 1 aliphatic rings. The minimum atomic E-state index is -0.666. The van der Waals surface area contributed by atoms with Gasteiger partial charge in [0.15, 0.2) is 6.67 Å². The second kappa shape index (κ2) is 8.59. The number of carbonyl (C=O) groups is 1. The summed E-state index contributed by atoms with van der Waals surface area (Å²) in [6.07, 6.45) is 2.89. The molecule has 1 amide bonds. The number of hydrogen-bond acceptors (Lipinski definition) is 7. The summed E-state index contributed by atoms with van der Waals surface area (Å²) in [4.78, 5) is 30.4. The number of nitro groups is 1. The molecule has 11 nitrogen and oxygen atoms in total. The predicted molar refractivity (Wildman–Crippen MR) is 107 cm³/mol. The van der Waals surface area contributed by atoms with Crippen molar-refractivity contribution in [1.82, 2.24) is 34.3 Å². The molecule has 3 heterocycles. The molecule has 0 N–H and O–H groups in total. The summed E-state index contributed by atoms with van der Waals surface area (Å²) in [6, 6.07) is 9.41. The van der Waals surface area contributed by atoms with Crippen LogP contribution in [0.3, 0.4) is 0 Å². The first-order valence-electron chi connectivity index (χ1n) is 9.31. The molecular weight excluding hydrogens is 412 g/mol. The summed E-state index contributed by atoms with van der Waals surface area (Å²) >= 11 is 5.93. The monoisotopic (exact) mass is 430 g/mol. The number of aromatic nitrogens is 5. The average molecular weight is 431 g/mol. The van der Waals surface area contributed by atoms with Gasteiger partial charge in [0.25, 0.3) is 5.91 Å². The van der Waals surface area contributed by atoms with Crippen LogP contribution in [0.1, 0.15) is 16.1 Å². The normalized spacial score (nSPS) is 14.8. The Morgan fingerprint density at radius 2 is 1.80 bits per heavy atom. The number of rotatable bonds is 6. The number of benzene rings is 1. The van der Waals surface area contributed by atoms with Crippen LogP contribution in [0.25, 0.3) is 0 Å². The van der Waals surface area contributed by atoms with E-state index in [0.717, 1.165) is 24.7 Å². The summed E-state index contributed by atoms with van der Waals surface area (Å²) in [5.41, 5.74) is 1.52. The Balaban J connectivity index is 1.31. The molecule has 156 valence electrons.